The normalized spacial score (nSPS) is 19.6. The maximum absolute atomic E-state index is 4.59. The summed E-state index contributed by atoms with van der Waals surface area (Å²) in [5.74, 6) is 0. The van der Waals surface area contributed by atoms with Crippen molar-refractivity contribution in [2.45, 2.75) is 33.7 Å². The second-order valence-corrected chi connectivity index (χ2v) is 5.72. The van der Waals surface area contributed by atoms with E-state index in [4.69, 9.17) is 0 Å². The van der Waals surface area contributed by atoms with Crippen LogP contribution in [0, 0.1) is 20.8 Å². The minimum Gasteiger partial charge on any atom is -0.304 e. The molecule has 4 heteroatoms. The molecule has 1 saturated heterocycles. The van der Waals surface area contributed by atoms with Gasteiger partial charge in [0, 0.05) is 43.6 Å². The molecule has 0 aromatic carbocycles. The van der Waals surface area contributed by atoms with Gasteiger partial charge in [0.2, 0.25) is 0 Å². The summed E-state index contributed by atoms with van der Waals surface area (Å²) in [6.45, 7) is 13.0. The predicted octanol–water partition coefficient (Wildman–Crippen LogP) is 1.82. The Morgan fingerprint density at radius 2 is 1.79 bits per heavy atom. The van der Waals surface area contributed by atoms with Crippen molar-refractivity contribution in [2.75, 3.05) is 33.2 Å². The highest BCUT2D eigenvalue weighted by atomic mass is 15.5. The summed E-state index contributed by atoms with van der Waals surface area (Å²) in [5, 5.41) is 2.34. The summed E-state index contributed by atoms with van der Waals surface area (Å²) in [4.78, 5) is 6.96. The largest absolute Gasteiger partial charge is 0.304 e. The number of aromatic nitrogens is 1. The first-order valence-corrected chi connectivity index (χ1v) is 7.11. The van der Waals surface area contributed by atoms with Gasteiger partial charge in [0.05, 0.1) is 0 Å². The molecule has 1 unspecified atom stereocenters. The van der Waals surface area contributed by atoms with Gasteiger partial charge in [-0.3, -0.25) is 4.98 Å². The molecule has 1 aliphatic heterocycles. The van der Waals surface area contributed by atoms with Gasteiger partial charge in [-0.15, -0.1) is 0 Å². The highest BCUT2D eigenvalue weighted by Crippen LogP contribution is 2.21. The van der Waals surface area contributed by atoms with Crippen LogP contribution in [-0.2, 0) is 0 Å². The molecule has 4 nitrogen and oxygen atoms in total. The van der Waals surface area contributed by atoms with Crippen LogP contribution in [-0.4, -0.2) is 48.1 Å². The second kappa shape index (κ2) is 5.99. The summed E-state index contributed by atoms with van der Waals surface area (Å²) < 4.78 is 0. The van der Waals surface area contributed by atoms with E-state index in [1.54, 1.807) is 0 Å². The molecule has 0 spiro atoms. The molecule has 0 aliphatic carbocycles. The quantitative estimate of drug-likeness (QED) is 0.900. The van der Waals surface area contributed by atoms with Gasteiger partial charge in [0.15, 0.2) is 0 Å². The van der Waals surface area contributed by atoms with Crippen LogP contribution in [0.5, 0.6) is 0 Å². The summed E-state index contributed by atoms with van der Waals surface area (Å²) >= 11 is 0. The van der Waals surface area contributed by atoms with Crippen LogP contribution in [0.4, 0.5) is 0 Å². The lowest BCUT2D eigenvalue weighted by molar-refractivity contribution is 0.0896. The predicted molar refractivity (Wildman–Crippen MR) is 79.1 cm³/mol. The molecule has 1 atom stereocenters. The Labute approximate surface area is 116 Å². The molecule has 0 radical (unpaired) electrons. The number of pyridine rings is 1. The number of nitrogens with zero attached hydrogens (tertiary/aromatic N) is 3. The maximum Gasteiger partial charge on any atom is 0.0457 e. The maximum atomic E-state index is 4.59. The van der Waals surface area contributed by atoms with Gasteiger partial charge in [-0.05, 0) is 51.9 Å². The number of nitrogens with one attached hydrogen (secondary N) is 1. The molecule has 19 heavy (non-hydrogen) atoms. The van der Waals surface area contributed by atoms with Crippen molar-refractivity contribution in [3.63, 3.8) is 0 Å². The molecular formula is C15H26N4. The smallest absolute Gasteiger partial charge is 0.0457 e. The minimum absolute atomic E-state index is 0.316. The van der Waals surface area contributed by atoms with E-state index in [-0.39, 0.29) is 0 Å². The van der Waals surface area contributed by atoms with Crippen LogP contribution in [0.15, 0.2) is 6.07 Å². The van der Waals surface area contributed by atoms with Crippen molar-refractivity contribution in [1.82, 2.24) is 20.3 Å². The van der Waals surface area contributed by atoms with Gasteiger partial charge < -0.3 is 4.90 Å². The second-order valence-electron chi connectivity index (χ2n) is 5.72. The third-order valence-corrected chi connectivity index (χ3v) is 3.90. The standard InChI is InChI=1S/C15H26N4/c1-11-10-12(2)16-13(3)15(11)14(4)17-19-8-6-18(5)7-9-19/h10,14,17H,6-9H2,1-5H3. The average Bonchev–Trinajstić information content (AvgIpc) is 2.30. The number of aryl methyl sites for hydroxylation is 3. The molecule has 2 heterocycles. The van der Waals surface area contributed by atoms with E-state index in [1.165, 1.54) is 11.1 Å². The fourth-order valence-corrected chi connectivity index (χ4v) is 2.96. The Bertz CT molecular complexity index is 413. The molecule has 0 saturated carbocycles. The Hall–Kier alpha value is -0.970. The highest BCUT2D eigenvalue weighted by Gasteiger charge is 2.18. The van der Waals surface area contributed by atoms with E-state index in [1.807, 2.05) is 0 Å². The van der Waals surface area contributed by atoms with E-state index in [9.17, 15) is 0 Å². The molecule has 0 bridgehead atoms. The molecule has 1 aliphatic rings. The van der Waals surface area contributed by atoms with Crippen molar-refractivity contribution < 1.29 is 0 Å². The van der Waals surface area contributed by atoms with Crippen molar-refractivity contribution >= 4 is 0 Å². The number of hydrogen-bond donors (Lipinski definition) is 1. The molecule has 0 amide bonds. The molecule has 1 aromatic rings. The van der Waals surface area contributed by atoms with Crippen LogP contribution < -0.4 is 5.43 Å². The lowest BCUT2D eigenvalue weighted by atomic mass is 10.0. The first-order chi connectivity index (χ1) is 8.97. The summed E-state index contributed by atoms with van der Waals surface area (Å²) in [7, 11) is 2.18. The van der Waals surface area contributed by atoms with Crippen LogP contribution in [0.25, 0.3) is 0 Å². The van der Waals surface area contributed by atoms with Gasteiger partial charge in [-0.1, -0.05) is 0 Å². The molecule has 1 aromatic heterocycles. The summed E-state index contributed by atoms with van der Waals surface area (Å²) in [6, 6.07) is 2.49. The van der Waals surface area contributed by atoms with Gasteiger partial charge in [-0.25, -0.2) is 10.4 Å². The molecule has 106 valence electrons. The Balaban J connectivity index is 2.06. The lowest BCUT2D eigenvalue weighted by Gasteiger charge is -2.35. The Kier molecular flexibility index (Phi) is 4.55. The monoisotopic (exact) mass is 262 g/mol. The summed E-state index contributed by atoms with van der Waals surface area (Å²) in [5.41, 5.74) is 8.54. The van der Waals surface area contributed by atoms with Crippen LogP contribution >= 0.6 is 0 Å². The van der Waals surface area contributed by atoms with Crippen molar-refractivity contribution in [1.29, 1.82) is 0 Å². The number of likely N-dealkylation sites (N-methyl/N-ethyl adjacent to an activating group) is 1. The third-order valence-electron chi connectivity index (χ3n) is 3.90. The highest BCUT2D eigenvalue weighted by molar-refractivity contribution is 5.33. The van der Waals surface area contributed by atoms with Gasteiger partial charge >= 0.3 is 0 Å². The fraction of sp³-hybridized carbons (Fsp3) is 0.667. The zero-order chi connectivity index (χ0) is 14.0. The first kappa shape index (κ1) is 14.4. The average molecular weight is 262 g/mol. The van der Waals surface area contributed by atoms with Crippen molar-refractivity contribution in [3.8, 4) is 0 Å². The Morgan fingerprint density at radius 1 is 1.16 bits per heavy atom. The zero-order valence-corrected chi connectivity index (χ0v) is 12.8. The number of hydrogen-bond acceptors (Lipinski definition) is 4. The van der Waals surface area contributed by atoms with Gasteiger partial charge in [0.1, 0.15) is 0 Å². The van der Waals surface area contributed by atoms with E-state index in [0.29, 0.717) is 6.04 Å². The topological polar surface area (TPSA) is 31.4 Å². The van der Waals surface area contributed by atoms with E-state index >= 15 is 0 Å². The zero-order valence-electron chi connectivity index (χ0n) is 12.8. The van der Waals surface area contributed by atoms with Crippen molar-refractivity contribution in [2.24, 2.45) is 0 Å². The summed E-state index contributed by atoms with van der Waals surface area (Å²) in [6.07, 6.45) is 0. The van der Waals surface area contributed by atoms with Gasteiger partial charge in [-0.2, -0.15) is 0 Å². The number of piperazine rings is 1. The van der Waals surface area contributed by atoms with E-state index < -0.39 is 0 Å². The molecule has 2 rings (SSSR count). The lowest BCUT2D eigenvalue weighted by Crippen LogP contribution is -2.51. The SMILES string of the molecule is Cc1cc(C)c(C(C)NN2CCN(C)CC2)c(C)n1. The molecular weight excluding hydrogens is 236 g/mol. The molecule has 1 N–H and O–H groups in total. The molecule has 1 fully saturated rings. The Morgan fingerprint density at radius 3 is 2.37 bits per heavy atom. The number of hydrazine groups is 1. The van der Waals surface area contributed by atoms with Crippen molar-refractivity contribution in [3.05, 3.63) is 28.6 Å². The van der Waals surface area contributed by atoms with E-state index in [0.717, 1.165) is 37.6 Å². The van der Waals surface area contributed by atoms with Crippen LogP contribution in [0.2, 0.25) is 0 Å². The van der Waals surface area contributed by atoms with E-state index in [2.05, 4.69) is 61.1 Å². The third kappa shape index (κ3) is 3.53. The minimum atomic E-state index is 0.316. The van der Waals surface area contributed by atoms with Crippen LogP contribution in [0.1, 0.15) is 35.5 Å². The van der Waals surface area contributed by atoms with Gasteiger partial charge in [0.25, 0.3) is 0 Å². The fourth-order valence-electron chi connectivity index (χ4n) is 2.96. The van der Waals surface area contributed by atoms with Crippen LogP contribution in [0.3, 0.4) is 0 Å². The first-order valence-electron chi connectivity index (χ1n) is 7.11. The number of rotatable bonds is 3.